The third-order valence-corrected chi connectivity index (χ3v) is 8.49. The van der Waals surface area contributed by atoms with Crippen molar-refractivity contribution in [2.45, 2.75) is 44.5 Å². The van der Waals surface area contributed by atoms with Gasteiger partial charge in [-0.05, 0) is 47.4 Å². The van der Waals surface area contributed by atoms with Crippen LogP contribution in [-0.4, -0.2) is 64.0 Å². The number of carbonyl (C=O) groups excluding carboxylic acids is 1. The number of ketones is 1. The van der Waals surface area contributed by atoms with Crippen LogP contribution in [0.3, 0.4) is 0 Å². The van der Waals surface area contributed by atoms with Crippen molar-refractivity contribution in [3.8, 4) is 0 Å². The number of carbonyl (C=O) groups is 1. The number of aliphatic hydroxyl groups excluding tert-OH is 1. The van der Waals surface area contributed by atoms with Gasteiger partial charge in [0.25, 0.3) is 0 Å². The van der Waals surface area contributed by atoms with Gasteiger partial charge in [-0.3, -0.25) is 14.2 Å². The van der Waals surface area contributed by atoms with E-state index in [1.165, 1.54) is 35.0 Å². The molecule has 3 atom stereocenters. The number of thiophene rings is 1. The number of nitrogens with zero attached hydrogens (tertiary/aromatic N) is 3. The van der Waals surface area contributed by atoms with Gasteiger partial charge >= 0.3 is 10.3 Å². The lowest BCUT2D eigenvalue weighted by Gasteiger charge is -2.28. The molecule has 37 heavy (non-hydrogen) atoms. The van der Waals surface area contributed by atoms with E-state index in [4.69, 9.17) is 4.55 Å². The Morgan fingerprint density at radius 2 is 2.03 bits per heavy atom. The van der Waals surface area contributed by atoms with Crippen molar-refractivity contribution in [3.05, 3.63) is 75.4 Å². The summed E-state index contributed by atoms with van der Waals surface area (Å²) in [5, 5.41) is 15.6. The number of anilines is 1. The highest BCUT2D eigenvalue weighted by Crippen LogP contribution is 2.30. The third-order valence-electron chi connectivity index (χ3n) is 6.98. The predicted octanol–water partition coefficient (Wildman–Crippen LogP) is 2.27. The summed E-state index contributed by atoms with van der Waals surface area (Å²) >= 11 is 1.40. The largest absolute Gasteiger partial charge is 0.393 e. The van der Waals surface area contributed by atoms with Crippen molar-refractivity contribution < 1.29 is 22.9 Å². The molecule has 0 radical (unpaired) electrons. The first kappa shape index (κ1) is 25.9. The van der Waals surface area contributed by atoms with Gasteiger partial charge in [0.2, 0.25) is 5.78 Å². The van der Waals surface area contributed by atoms with E-state index in [2.05, 4.69) is 44.5 Å². The minimum absolute atomic E-state index is 0.0751. The number of fused-ring (bicyclic) bond motifs is 1. The van der Waals surface area contributed by atoms with E-state index in [1.54, 1.807) is 0 Å². The number of hydrogen-bond donors (Lipinski definition) is 4. The summed E-state index contributed by atoms with van der Waals surface area (Å²) in [5.74, 6) is -0.170. The maximum Gasteiger partial charge on any atom is 0.333 e. The maximum atomic E-state index is 13.4. The molecule has 1 fully saturated rings. The summed E-state index contributed by atoms with van der Waals surface area (Å²) in [5.41, 5.74) is 4.19. The fourth-order valence-electron chi connectivity index (χ4n) is 5.11. The first-order chi connectivity index (χ1) is 17.7. The molecule has 2 aromatic heterocycles. The second-order valence-electron chi connectivity index (χ2n) is 9.63. The van der Waals surface area contributed by atoms with E-state index in [-0.39, 0.29) is 24.3 Å². The number of benzene rings is 1. The van der Waals surface area contributed by atoms with Gasteiger partial charge in [-0.15, -0.1) is 11.3 Å². The standard InChI is InChI=1S/C25H29N5O5S2/c31-22-9-20(8-19(22)10-28-37(33,34)35)29-25-21(11-26-15-27-25)24(32)23-7-16(14-36-23)12-30-6-5-17-3-1-2-4-18(17)13-30/h1-4,7,11,14-15,19-20,22,28,31H,5-6,8-10,12-13H2,(H,26,27,29)(H,33,34,35)/t19-,20-,22+/m1/s1. The predicted molar refractivity (Wildman–Crippen MR) is 140 cm³/mol. The highest BCUT2D eigenvalue weighted by Gasteiger charge is 2.34. The summed E-state index contributed by atoms with van der Waals surface area (Å²) < 4.78 is 32.9. The first-order valence-electron chi connectivity index (χ1n) is 12.1. The Bertz CT molecular complexity index is 1380. The van der Waals surface area contributed by atoms with E-state index >= 15 is 0 Å². The Kier molecular flexibility index (Phi) is 7.65. The van der Waals surface area contributed by atoms with Crippen LogP contribution >= 0.6 is 11.3 Å². The minimum Gasteiger partial charge on any atom is -0.393 e. The van der Waals surface area contributed by atoms with E-state index in [9.17, 15) is 18.3 Å². The fourth-order valence-corrected chi connectivity index (χ4v) is 6.40. The molecular weight excluding hydrogens is 514 g/mol. The zero-order valence-electron chi connectivity index (χ0n) is 20.1. The summed E-state index contributed by atoms with van der Waals surface area (Å²) in [6.45, 7) is 2.57. The maximum absolute atomic E-state index is 13.4. The number of aromatic nitrogens is 2. The van der Waals surface area contributed by atoms with Gasteiger partial charge in [0.05, 0.1) is 16.5 Å². The molecule has 0 saturated heterocycles. The van der Waals surface area contributed by atoms with E-state index < -0.39 is 16.4 Å². The normalized spacial score (nSPS) is 22.1. The van der Waals surface area contributed by atoms with Crippen molar-refractivity contribution in [1.82, 2.24) is 19.6 Å². The second-order valence-corrected chi connectivity index (χ2v) is 11.8. The summed E-state index contributed by atoms with van der Waals surface area (Å²) in [6, 6.07) is 10.2. The molecule has 3 aromatic rings. The molecule has 2 aliphatic rings. The van der Waals surface area contributed by atoms with E-state index in [1.807, 2.05) is 16.2 Å². The van der Waals surface area contributed by atoms with Crippen LogP contribution in [0.25, 0.3) is 0 Å². The Balaban J connectivity index is 1.23. The molecule has 0 unspecified atom stereocenters. The molecule has 1 saturated carbocycles. The summed E-state index contributed by atoms with van der Waals surface area (Å²) in [7, 11) is -4.33. The van der Waals surface area contributed by atoms with Crippen molar-refractivity contribution >= 4 is 33.2 Å². The molecule has 1 aliphatic carbocycles. The van der Waals surface area contributed by atoms with Crippen molar-refractivity contribution in [2.75, 3.05) is 18.4 Å². The monoisotopic (exact) mass is 543 g/mol. The molecular formula is C25H29N5O5S2. The molecule has 0 bridgehead atoms. The molecule has 10 nitrogen and oxygen atoms in total. The lowest BCUT2D eigenvalue weighted by molar-refractivity contribution is 0.104. The smallest absolute Gasteiger partial charge is 0.333 e. The zero-order valence-corrected chi connectivity index (χ0v) is 21.7. The number of hydrogen-bond acceptors (Lipinski definition) is 9. The molecule has 196 valence electrons. The van der Waals surface area contributed by atoms with Crippen LogP contribution in [0.15, 0.2) is 48.2 Å². The Morgan fingerprint density at radius 1 is 1.22 bits per heavy atom. The number of rotatable bonds is 9. The van der Waals surface area contributed by atoms with Crippen LogP contribution in [0.4, 0.5) is 5.82 Å². The van der Waals surface area contributed by atoms with Gasteiger partial charge in [0.1, 0.15) is 12.1 Å². The third kappa shape index (κ3) is 6.40. The van der Waals surface area contributed by atoms with Gasteiger partial charge in [-0.1, -0.05) is 24.3 Å². The second kappa shape index (κ2) is 10.9. The SMILES string of the molecule is O=C(c1cc(CN2CCc3ccccc3C2)cs1)c1cncnc1N[C@@H]1C[C@H](CNS(=O)(=O)O)[C@@H](O)C1. The Labute approximate surface area is 219 Å². The van der Waals surface area contributed by atoms with Crippen LogP contribution in [0.5, 0.6) is 0 Å². The molecule has 12 heteroatoms. The van der Waals surface area contributed by atoms with Crippen molar-refractivity contribution in [1.29, 1.82) is 0 Å². The minimum atomic E-state index is -4.33. The highest BCUT2D eigenvalue weighted by atomic mass is 32.2. The van der Waals surface area contributed by atoms with E-state index in [0.717, 1.165) is 31.6 Å². The average Bonchev–Trinajstić information content (AvgIpc) is 3.48. The Hall–Kier alpha value is -2.74. The van der Waals surface area contributed by atoms with Crippen LogP contribution in [0, 0.1) is 5.92 Å². The lowest BCUT2D eigenvalue weighted by Crippen LogP contribution is -2.32. The lowest BCUT2D eigenvalue weighted by atomic mass is 10.00. The zero-order chi connectivity index (χ0) is 26.0. The fraction of sp³-hybridized carbons (Fsp3) is 0.400. The summed E-state index contributed by atoms with van der Waals surface area (Å²) in [4.78, 5) is 24.7. The molecule has 1 aromatic carbocycles. The van der Waals surface area contributed by atoms with Crippen molar-refractivity contribution in [2.24, 2.45) is 5.92 Å². The molecule has 5 rings (SSSR count). The number of aliphatic hydroxyl groups is 1. The number of nitrogens with one attached hydrogen (secondary N) is 2. The quantitative estimate of drug-likeness (QED) is 0.236. The molecule has 1 aliphatic heterocycles. The first-order valence-corrected chi connectivity index (χ1v) is 14.4. The average molecular weight is 544 g/mol. The van der Waals surface area contributed by atoms with Crippen LogP contribution in [0.1, 0.15) is 44.8 Å². The van der Waals surface area contributed by atoms with Gasteiger partial charge in [-0.25, -0.2) is 9.97 Å². The van der Waals surface area contributed by atoms with Gasteiger partial charge in [-0.2, -0.15) is 13.1 Å². The van der Waals surface area contributed by atoms with Gasteiger partial charge < -0.3 is 10.4 Å². The molecule has 3 heterocycles. The highest BCUT2D eigenvalue weighted by molar-refractivity contribution is 7.83. The summed E-state index contributed by atoms with van der Waals surface area (Å²) in [6.07, 6.45) is 3.91. The van der Waals surface area contributed by atoms with Crippen LogP contribution in [-0.2, 0) is 29.8 Å². The molecule has 4 N–H and O–H groups in total. The van der Waals surface area contributed by atoms with Gasteiger partial charge in [0.15, 0.2) is 0 Å². The van der Waals surface area contributed by atoms with Crippen LogP contribution < -0.4 is 10.0 Å². The Morgan fingerprint density at radius 3 is 2.84 bits per heavy atom. The molecule has 0 spiro atoms. The molecule has 0 amide bonds. The van der Waals surface area contributed by atoms with Crippen molar-refractivity contribution in [3.63, 3.8) is 0 Å². The topological polar surface area (TPSA) is 145 Å². The van der Waals surface area contributed by atoms with E-state index in [0.29, 0.717) is 29.1 Å². The van der Waals surface area contributed by atoms with Crippen LogP contribution in [0.2, 0.25) is 0 Å². The van der Waals surface area contributed by atoms with Gasteiger partial charge in [0, 0.05) is 44.3 Å².